The average molecular weight is 765 g/mol. The lowest BCUT2D eigenvalue weighted by molar-refractivity contribution is 1.18. The van der Waals surface area contributed by atoms with Gasteiger partial charge in [0.1, 0.15) is 0 Å². The van der Waals surface area contributed by atoms with Crippen molar-refractivity contribution < 1.29 is 0 Å². The first-order chi connectivity index (χ1) is 29.8. The molecule has 11 aromatic rings. The first-order valence-corrected chi connectivity index (χ1v) is 20.6. The Morgan fingerprint density at radius 2 is 0.733 bits per heavy atom. The van der Waals surface area contributed by atoms with Crippen molar-refractivity contribution >= 4 is 49.6 Å². The van der Waals surface area contributed by atoms with E-state index in [9.17, 15) is 0 Å². The van der Waals surface area contributed by atoms with Crippen molar-refractivity contribution in [2.24, 2.45) is 0 Å². The number of aromatic nitrogens is 1. The molecule has 2 nitrogen and oxygen atoms in total. The number of benzene rings is 10. The highest BCUT2D eigenvalue weighted by Gasteiger charge is 2.20. The summed E-state index contributed by atoms with van der Waals surface area (Å²) in [6.07, 6.45) is 0. The van der Waals surface area contributed by atoms with Gasteiger partial charge in [-0.1, -0.05) is 194 Å². The normalized spacial score (nSPS) is 11.3. The summed E-state index contributed by atoms with van der Waals surface area (Å²) in [5.41, 5.74) is 16.4. The predicted molar refractivity (Wildman–Crippen MR) is 255 cm³/mol. The van der Waals surface area contributed by atoms with Crippen molar-refractivity contribution in [2.45, 2.75) is 0 Å². The highest BCUT2D eigenvalue weighted by atomic mass is 15.1. The zero-order chi connectivity index (χ0) is 39.8. The Morgan fingerprint density at radius 3 is 1.45 bits per heavy atom. The van der Waals surface area contributed by atoms with Gasteiger partial charge in [-0.2, -0.15) is 0 Å². The molecule has 11 rings (SSSR count). The monoisotopic (exact) mass is 764 g/mol. The molecule has 0 aliphatic heterocycles. The first kappa shape index (κ1) is 35.2. The smallest absolute Gasteiger partial charge is 0.0562 e. The molecule has 1 aromatic heterocycles. The van der Waals surface area contributed by atoms with Crippen LogP contribution in [0, 0.1) is 0 Å². The van der Waals surface area contributed by atoms with Gasteiger partial charge in [0.05, 0.1) is 16.7 Å². The SMILES string of the molecule is c1ccc(-c2ccc(N(c3ccc(-c4ccccc4-c4ccccc4)cc3)c3ccc4c5ccccc5n(-c5ccccc5-c5cccc6ccccc56)c4c3)cc2)cc1. The molecule has 0 unspecified atom stereocenters. The zero-order valence-electron chi connectivity index (χ0n) is 33.0. The van der Waals surface area contributed by atoms with Crippen LogP contribution in [-0.4, -0.2) is 4.57 Å². The highest BCUT2D eigenvalue weighted by Crippen LogP contribution is 2.43. The van der Waals surface area contributed by atoms with E-state index in [1.165, 1.54) is 71.6 Å². The van der Waals surface area contributed by atoms with E-state index in [1.807, 2.05) is 0 Å². The molecule has 2 heteroatoms. The Hall–Kier alpha value is -7.94. The van der Waals surface area contributed by atoms with E-state index < -0.39 is 0 Å². The number of anilines is 3. The molecule has 282 valence electrons. The van der Waals surface area contributed by atoms with Crippen molar-refractivity contribution in [2.75, 3.05) is 4.90 Å². The summed E-state index contributed by atoms with van der Waals surface area (Å²) >= 11 is 0. The van der Waals surface area contributed by atoms with Crippen LogP contribution in [0.1, 0.15) is 0 Å². The lowest BCUT2D eigenvalue weighted by atomic mass is 9.94. The third-order valence-electron chi connectivity index (χ3n) is 11.8. The number of fused-ring (bicyclic) bond motifs is 4. The standard InChI is InChI=1S/C58H40N2/c1-3-16-41(17-4-1)42-30-34-46(35-31-42)59(47-36-32-45(33-37-47)50-23-10-9-22-49(50)43-18-5-2-6-19-43)48-38-39-55-54-26-12-14-29-57(54)60(58(55)40-48)56-28-13-11-25-53(56)52-27-15-21-44-20-7-8-24-51(44)52/h1-40H. The maximum atomic E-state index is 2.46. The summed E-state index contributed by atoms with van der Waals surface area (Å²) in [6.45, 7) is 0. The molecule has 0 aliphatic rings. The number of nitrogens with zero attached hydrogens (tertiary/aromatic N) is 2. The Bertz CT molecular complexity index is 3280. The van der Waals surface area contributed by atoms with Gasteiger partial charge in [0.15, 0.2) is 0 Å². The van der Waals surface area contributed by atoms with Crippen LogP contribution in [0.15, 0.2) is 243 Å². The molecule has 0 atom stereocenters. The Morgan fingerprint density at radius 1 is 0.267 bits per heavy atom. The lowest BCUT2D eigenvalue weighted by Gasteiger charge is -2.26. The maximum absolute atomic E-state index is 2.46. The van der Waals surface area contributed by atoms with Crippen molar-refractivity contribution in [3.05, 3.63) is 243 Å². The summed E-state index contributed by atoms with van der Waals surface area (Å²) in [4.78, 5) is 2.39. The molecule has 0 bridgehead atoms. The average Bonchev–Trinajstić information content (AvgIpc) is 3.66. The number of hydrogen-bond acceptors (Lipinski definition) is 1. The van der Waals surface area contributed by atoms with E-state index in [0.717, 1.165) is 28.3 Å². The van der Waals surface area contributed by atoms with Gasteiger partial charge in [-0.15, -0.1) is 0 Å². The quantitative estimate of drug-likeness (QED) is 0.150. The van der Waals surface area contributed by atoms with Gasteiger partial charge in [-0.05, 0) is 98.2 Å². The van der Waals surface area contributed by atoms with E-state index >= 15 is 0 Å². The zero-order valence-corrected chi connectivity index (χ0v) is 33.0. The third-order valence-corrected chi connectivity index (χ3v) is 11.8. The molecule has 0 N–H and O–H groups in total. The van der Waals surface area contributed by atoms with Gasteiger partial charge in [-0.3, -0.25) is 0 Å². The van der Waals surface area contributed by atoms with Crippen molar-refractivity contribution in [1.82, 2.24) is 4.57 Å². The highest BCUT2D eigenvalue weighted by molar-refractivity contribution is 6.11. The molecule has 0 aliphatic carbocycles. The largest absolute Gasteiger partial charge is 0.310 e. The first-order valence-electron chi connectivity index (χ1n) is 20.6. The van der Waals surface area contributed by atoms with Gasteiger partial charge in [-0.25, -0.2) is 0 Å². The minimum atomic E-state index is 1.08. The topological polar surface area (TPSA) is 8.17 Å². The summed E-state index contributed by atoms with van der Waals surface area (Å²) < 4.78 is 2.46. The fraction of sp³-hybridized carbons (Fsp3) is 0. The minimum Gasteiger partial charge on any atom is -0.310 e. The predicted octanol–water partition coefficient (Wildman–Crippen LogP) is 16.1. The van der Waals surface area contributed by atoms with Crippen molar-refractivity contribution in [1.29, 1.82) is 0 Å². The van der Waals surface area contributed by atoms with E-state index in [4.69, 9.17) is 0 Å². The van der Waals surface area contributed by atoms with Crippen LogP contribution in [0.25, 0.3) is 82.8 Å². The van der Waals surface area contributed by atoms with Gasteiger partial charge >= 0.3 is 0 Å². The molecule has 1 heterocycles. The van der Waals surface area contributed by atoms with Crippen LogP contribution < -0.4 is 4.90 Å². The summed E-state index contributed by atoms with van der Waals surface area (Å²) in [6, 6.07) is 87.9. The third kappa shape index (κ3) is 6.23. The van der Waals surface area contributed by atoms with Crippen LogP contribution in [-0.2, 0) is 0 Å². The van der Waals surface area contributed by atoms with Crippen LogP contribution in [0.5, 0.6) is 0 Å². The molecule has 0 saturated carbocycles. The molecule has 0 radical (unpaired) electrons. The van der Waals surface area contributed by atoms with Gasteiger partial charge in [0, 0.05) is 33.4 Å². The Labute approximate surface area is 350 Å². The Kier molecular flexibility index (Phi) is 8.87. The minimum absolute atomic E-state index is 1.08. The summed E-state index contributed by atoms with van der Waals surface area (Å²) in [7, 11) is 0. The number of para-hydroxylation sites is 2. The molecular formula is C58H40N2. The molecule has 10 aromatic carbocycles. The molecule has 0 amide bonds. The van der Waals surface area contributed by atoms with E-state index in [0.29, 0.717) is 0 Å². The van der Waals surface area contributed by atoms with E-state index in [2.05, 4.69) is 252 Å². The van der Waals surface area contributed by atoms with E-state index in [-0.39, 0.29) is 0 Å². The molecule has 60 heavy (non-hydrogen) atoms. The van der Waals surface area contributed by atoms with E-state index in [1.54, 1.807) is 0 Å². The number of rotatable bonds is 8. The van der Waals surface area contributed by atoms with Crippen molar-refractivity contribution in [3.63, 3.8) is 0 Å². The van der Waals surface area contributed by atoms with Crippen LogP contribution >= 0.6 is 0 Å². The molecular weight excluding hydrogens is 725 g/mol. The summed E-state index contributed by atoms with van der Waals surface area (Å²) in [5.74, 6) is 0. The van der Waals surface area contributed by atoms with Gasteiger partial charge in [0.25, 0.3) is 0 Å². The van der Waals surface area contributed by atoms with Crippen LogP contribution in [0.2, 0.25) is 0 Å². The summed E-state index contributed by atoms with van der Waals surface area (Å²) in [5, 5.41) is 4.92. The van der Waals surface area contributed by atoms with Crippen LogP contribution in [0.4, 0.5) is 17.1 Å². The number of hydrogen-bond donors (Lipinski definition) is 0. The van der Waals surface area contributed by atoms with Crippen LogP contribution in [0.3, 0.4) is 0 Å². The lowest BCUT2D eigenvalue weighted by Crippen LogP contribution is -2.10. The van der Waals surface area contributed by atoms with Crippen molar-refractivity contribution in [3.8, 4) is 50.2 Å². The molecule has 0 fully saturated rings. The second-order valence-corrected chi connectivity index (χ2v) is 15.3. The molecule has 0 spiro atoms. The second-order valence-electron chi connectivity index (χ2n) is 15.3. The fourth-order valence-electron chi connectivity index (χ4n) is 8.99. The van der Waals surface area contributed by atoms with Gasteiger partial charge < -0.3 is 9.47 Å². The Balaban J connectivity index is 1.09. The second kappa shape index (κ2) is 15.1. The maximum Gasteiger partial charge on any atom is 0.0562 e. The van der Waals surface area contributed by atoms with Gasteiger partial charge in [0.2, 0.25) is 0 Å². The molecule has 0 saturated heterocycles. The fourth-order valence-corrected chi connectivity index (χ4v) is 8.99.